The molecule has 3 rings (SSSR count). The number of carbonyl (C=O) groups excluding carboxylic acids is 2. The van der Waals surface area contributed by atoms with Crippen molar-refractivity contribution >= 4 is 50.7 Å². The van der Waals surface area contributed by atoms with Crippen LogP contribution in [0.2, 0.25) is 10.0 Å². The van der Waals surface area contributed by atoms with Crippen molar-refractivity contribution in [2.24, 2.45) is 0 Å². The minimum Gasteiger partial charge on any atom is -0.357 e. The maximum absolute atomic E-state index is 13.7. The van der Waals surface area contributed by atoms with E-state index < -0.39 is 39.6 Å². The molecule has 0 fully saturated rings. The lowest BCUT2D eigenvalue weighted by Crippen LogP contribution is -2.49. The highest BCUT2D eigenvalue weighted by molar-refractivity contribution is 7.92. The van der Waals surface area contributed by atoms with Gasteiger partial charge in [0.15, 0.2) is 0 Å². The van der Waals surface area contributed by atoms with Gasteiger partial charge >= 0.3 is 6.18 Å². The van der Waals surface area contributed by atoms with E-state index in [2.05, 4.69) is 5.32 Å². The number of rotatable bonds is 12. The highest BCUT2D eigenvalue weighted by Crippen LogP contribution is 2.32. The Bertz CT molecular complexity index is 1510. The molecule has 0 bridgehead atoms. The fourth-order valence-corrected chi connectivity index (χ4v) is 5.82. The number of hydrogen-bond acceptors (Lipinski definition) is 4. The van der Waals surface area contributed by atoms with Crippen molar-refractivity contribution in [2.75, 3.05) is 24.2 Å². The molecular formula is C29H30Cl2F3N3O4S. The molecule has 0 radical (unpaired) electrons. The summed E-state index contributed by atoms with van der Waals surface area (Å²) in [5.41, 5.74) is 0.180. The Morgan fingerprint density at radius 3 is 2.26 bits per heavy atom. The van der Waals surface area contributed by atoms with Gasteiger partial charge in [-0.25, -0.2) is 8.42 Å². The number of amides is 2. The Hall–Kier alpha value is -3.28. The number of sulfonamides is 1. The van der Waals surface area contributed by atoms with Crippen LogP contribution in [0.25, 0.3) is 0 Å². The standard InChI is InChI=1S/C29H30Cl2F3N3O4S/c1-35-28(39)26(16-20-8-4-3-5-9-20)36(19-21-13-14-23(30)18-25(21)31)27(38)12-7-15-37(42(2,40)41)24-11-6-10-22(17-24)29(32,33)34/h3-6,8-11,13-14,17-18,26H,7,12,15-16,19H2,1-2H3,(H,35,39)/t26-/m1/s1. The number of anilines is 1. The Balaban J connectivity index is 1.89. The van der Waals surface area contributed by atoms with Gasteiger partial charge in [-0.2, -0.15) is 13.2 Å². The van der Waals surface area contributed by atoms with Gasteiger partial charge in [0.2, 0.25) is 21.8 Å². The van der Waals surface area contributed by atoms with Gasteiger partial charge in [0.25, 0.3) is 0 Å². The SMILES string of the molecule is CNC(=O)[C@@H](Cc1ccccc1)N(Cc1ccc(Cl)cc1Cl)C(=O)CCCN(c1cccc(C(F)(F)F)c1)S(C)(=O)=O. The number of benzene rings is 3. The van der Waals surface area contributed by atoms with E-state index >= 15 is 0 Å². The molecule has 226 valence electrons. The van der Waals surface area contributed by atoms with Crippen LogP contribution in [0, 0.1) is 0 Å². The van der Waals surface area contributed by atoms with Crippen LogP contribution in [0.1, 0.15) is 29.5 Å². The summed E-state index contributed by atoms with van der Waals surface area (Å²) in [4.78, 5) is 28.1. The third-order valence-electron chi connectivity index (χ3n) is 6.49. The highest BCUT2D eigenvalue weighted by atomic mass is 35.5. The first kappa shape index (κ1) is 33.2. The van der Waals surface area contributed by atoms with Crippen LogP contribution in [-0.2, 0) is 38.8 Å². The summed E-state index contributed by atoms with van der Waals surface area (Å²) in [6.45, 7) is -0.298. The molecule has 0 saturated carbocycles. The third-order valence-corrected chi connectivity index (χ3v) is 8.27. The summed E-state index contributed by atoms with van der Waals surface area (Å²) in [7, 11) is -2.53. The Morgan fingerprint density at radius 1 is 0.976 bits per heavy atom. The van der Waals surface area contributed by atoms with Crippen molar-refractivity contribution in [1.29, 1.82) is 0 Å². The van der Waals surface area contributed by atoms with E-state index in [0.717, 1.165) is 34.3 Å². The first-order valence-electron chi connectivity index (χ1n) is 12.8. The summed E-state index contributed by atoms with van der Waals surface area (Å²) in [6.07, 6.45) is -3.81. The minimum atomic E-state index is -4.66. The quantitative estimate of drug-likeness (QED) is 0.264. The summed E-state index contributed by atoms with van der Waals surface area (Å²) in [6, 6.07) is 16.9. The topological polar surface area (TPSA) is 86.8 Å². The van der Waals surface area contributed by atoms with E-state index in [1.807, 2.05) is 30.3 Å². The lowest BCUT2D eigenvalue weighted by molar-refractivity contribution is -0.141. The largest absolute Gasteiger partial charge is 0.416 e. The monoisotopic (exact) mass is 643 g/mol. The van der Waals surface area contributed by atoms with Gasteiger partial charge in [0, 0.05) is 43.0 Å². The predicted octanol–water partition coefficient (Wildman–Crippen LogP) is 5.94. The van der Waals surface area contributed by atoms with E-state index in [9.17, 15) is 31.2 Å². The molecule has 0 spiro atoms. The Labute approximate surface area is 253 Å². The van der Waals surface area contributed by atoms with Gasteiger partial charge in [0.05, 0.1) is 17.5 Å². The van der Waals surface area contributed by atoms with Crippen molar-refractivity contribution in [2.45, 2.75) is 38.0 Å². The number of nitrogens with one attached hydrogen (secondary N) is 1. The van der Waals surface area contributed by atoms with Crippen molar-refractivity contribution in [3.63, 3.8) is 0 Å². The number of nitrogens with zero attached hydrogens (tertiary/aromatic N) is 2. The zero-order chi connectivity index (χ0) is 31.1. The highest BCUT2D eigenvalue weighted by Gasteiger charge is 2.32. The van der Waals surface area contributed by atoms with Gasteiger partial charge in [0.1, 0.15) is 6.04 Å². The molecule has 3 aromatic carbocycles. The number of hydrogen-bond donors (Lipinski definition) is 1. The fourth-order valence-electron chi connectivity index (χ4n) is 4.40. The van der Waals surface area contributed by atoms with Crippen LogP contribution in [0.15, 0.2) is 72.8 Å². The predicted molar refractivity (Wildman–Crippen MR) is 158 cm³/mol. The van der Waals surface area contributed by atoms with E-state index in [0.29, 0.717) is 15.6 Å². The van der Waals surface area contributed by atoms with Crippen LogP contribution >= 0.6 is 23.2 Å². The summed E-state index contributed by atoms with van der Waals surface area (Å²) in [5.74, 6) is -0.887. The van der Waals surface area contributed by atoms with Crippen LogP contribution in [0.3, 0.4) is 0 Å². The number of alkyl halides is 3. The Morgan fingerprint density at radius 2 is 1.67 bits per heavy atom. The summed E-state index contributed by atoms with van der Waals surface area (Å²) < 4.78 is 65.7. The molecule has 7 nitrogen and oxygen atoms in total. The van der Waals surface area contributed by atoms with Crippen molar-refractivity contribution in [1.82, 2.24) is 10.2 Å². The zero-order valence-electron chi connectivity index (χ0n) is 22.9. The van der Waals surface area contributed by atoms with Crippen LogP contribution < -0.4 is 9.62 Å². The number of halogens is 5. The lowest BCUT2D eigenvalue weighted by Gasteiger charge is -2.32. The molecule has 0 aromatic heterocycles. The molecule has 0 aliphatic carbocycles. The second-order valence-electron chi connectivity index (χ2n) is 9.56. The fraction of sp³-hybridized carbons (Fsp3) is 0.310. The minimum absolute atomic E-state index is 0.0290. The van der Waals surface area contributed by atoms with Crippen LogP contribution in [0.5, 0.6) is 0 Å². The maximum atomic E-state index is 13.7. The van der Waals surface area contributed by atoms with Crippen molar-refractivity contribution in [3.8, 4) is 0 Å². The van der Waals surface area contributed by atoms with Crippen molar-refractivity contribution < 1.29 is 31.2 Å². The second-order valence-corrected chi connectivity index (χ2v) is 12.3. The smallest absolute Gasteiger partial charge is 0.357 e. The van der Waals surface area contributed by atoms with Gasteiger partial charge in [-0.3, -0.25) is 13.9 Å². The van der Waals surface area contributed by atoms with Crippen LogP contribution in [0.4, 0.5) is 18.9 Å². The molecule has 1 atom stereocenters. The molecule has 42 heavy (non-hydrogen) atoms. The van der Waals surface area contributed by atoms with Crippen molar-refractivity contribution in [3.05, 3.63) is 99.5 Å². The molecule has 0 aliphatic heterocycles. The molecule has 1 N–H and O–H groups in total. The van der Waals surface area contributed by atoms with E-state index in [4.69, 9.17) is 23.2 Å². The van der Waals surface area contributed by atoms with Gasteiger partial charge in [-0.05, 0) is 47.9 Å². The molecular weight excluding hydrogens is 614 g/mol. The molecule has 3 aromatic rings. The first-order chi connectivity index (χ1) is 19.7. The van der Waals surface area contributed by atoms with E-state index in [-0.39, 0.29) is 38.0 Å². The van der Waals surface area contributed by atoms with Gasteiger partial charge in [-0.15, -0.1) is 0 Å². The molecule has 0 unspecified atom stereocenters. The lowest BCUT2D eigenvalue weighted by atomic mass is 10.0. The maximum Gasteiger partial charge on any atom is 0.416 e. The molecule has 13 heteroatoms. The van der Waals surface area contributed by atoms with Gasteiger partial charge < -0.3 is 10.2 Å². The third kappa shape index (κ3) is 9.11. The zero-order valence-corrected chi connectivity index (χ0v) is 25.2. The van der Waals surface area contributed by atoms with E-state index in [1.165, 1.54) is 24.1 Å². The van der Waals surface area contributed by atoms with Crippen LogP contribution in [-0.4, -0.2) is 51.0 Å². The number of carbonyl (C=O) groups is 2. The second kappa shape index (κ2) is 14.3. The Kier molecular flexibility index (Phi) is 11.3. The average molecular weight is 645 g/mol. The molecule has 0 saturated heterocycles. The average Bonchev–Trinajstić information content (AvgIpc) is 2.93. The normalized spacial score (nSPS) is 12.5. The van der Waals surface area contributed by atoms with E-state index in [1.54, 1.807) is 12.1 Å². The molecule has 0 aliphatic rings. The molecule has 2 amide bonds. The summed E-state index contributed by atoms with van der Waals surface area (Å²) in [5, 5.41) is 3.28. The molecule has 0 heterocycles. The number of likely N-dealkylation sites (N-methyl/N-ethyl adjacent to an activating group) is 1. The first-order valence-corrected chi connectivity index (χ1v) is 15.4. The van der Waals surface area contributed by atoms with Gasteiger partial charge in [-0.1, -0.05) is 65.7 Å². The summed E-state index contributed by atoms with van der Waals surface area (Å²) >= 11 is 12.4.